The van der Waals surface area contributed by atoms with E-state index >= 15 is 0 Å². The van der Waals surface area contributed by atoms with E-state index in [2.05, 4.69) is 15.3 Å². The van der Waals surface area contributed by atoms with Crippen molar-refractivity contribution in [1.82, 2.24) is 28.5 Å². The fraction of sp³-hybridized carbons (Fsp3) is 0.367. The number of hydrogen-bond acceptors (Lipinski definition) is 9. The van der Waals surface area contributed by atoms with Gasteiger partial charge in [-0.3, -0.25) is 23.9 Å². The second-order valence-corrected chi connectivity index (χ2v) is 13.9. The minimum absolute atomic E-state index is 0.00184. The van der Waals surface area contributed by atoms with Crippen molar-refractivity contribution in [2.75, 3.05) is 7.05 Å². The summed E-state index contributed by atoms with van der Waals surface area (Å²) in [5.41, 5.74) is -6.86. The predicted molar refractivity (Wildman–Crippen MR) is 176 cm³/mol. The number of amidine groups is 1. The number of hydrogen-bond donors (Lipinski definition) is 3. The molecule has 0 radical (unpaired) electrons. The van der Waals surface area contributed by atoms with Crippen LogP contribution in [0.25, 0.3) is 5.69 Å². The number of aromatic carboxylic acids is 1. The number of alkyl halides is 3. The molecule has 2 aromatic heterocycles. The van der Waals surface area contributed by atoms with Crippen molar-refractivity contribution in [2.45, 2.75) is 52.4 Å². The number of aromatic nitrogens is 3. The van der Waals surface area contributed by atoms with Crippen molar-refractivity contribution < 1.29 is 45.5 Å². The maximum Gasteiger partial charge on any atom is 0.431 e. The Hall–Kier alpha value is -4.95. The van der Waals surface area contributed by atoms with Crippen LogP contribution in [0.2, 0.25) is 5.02 Å². The van der Waals surface area contributed by atoms with E-state index < -0.39 is 78.9 Å². The van der Waals surface area contributed by atoms with Gasteiger partial charge in [-0.1, -0.05) is 25.4 Å². The van der Waals surface area contributed by atoms with Gasteiger partial charge in [0.15, 0.2) is 5.84 Å². The van der Waals surface area contributed by atoms with Gasteiger partial charge in [-0.25, -0.2) is 28.3 Å². The smallest absolute Gasteiger partial charge is 0.431 e. The molecule has 276 valence electrons. The summed E-state index contributed by atoms with van der Waals surface area (Å²) in [6, 6.07) is 3.63. The fourth-order valence-corrected chi connectivity index (χ4v) is 5.62. The Kier molecular flexibility index (Phi) is 11.7. The van der Waals surface area contributed by atoms with Gasteiger partial charge in [0.1, 0.15) is 22.7 Å². The number of carbonyl (C=O) groups is 3. The van der Waals surface area contributed by atoms with Crippen LogP contribution in [0, 0.1) is 11.7 Å². The zero-order chi connectivity index (χ0) is 39.0. The van der Waals surface area contributed by atoms with Crippen LogP contribution >= 0.6 is 11.6 Å². The first-order chi connectivity index (χ1) is 23.3. The SMILES string of the molecule is CC(C)C1(C)N=C(c2ncccc2C(=O)O)NC1=O.CC(C)N(C)S(=O)(=O)NC(=O)c1cc(-n2c(=O)cc(C(F)(F)F)n(C)c2=O)c(F)cc1Cl. The molecule has 21 heteroatoms. The lowest BCUT2D eigenvalue weighted by molar-refractivity contribution is -0.144. The van der Waals surface area contributed by atoms with Crippen LogP contribution in [0.4, 0.5) is 17.6 Å². The van der Waals surface area contributed by atoms with Crippen molar-refractivity contribution in [2.24, 2.45) is 18.0 Å². The average Bonchev–Trinajstić information content (AvgIpc) is 3.33. The van der Waals surface area contributed by atoms with Gasteiger partial charge in [-0.05, 0) is 51.0 Å². The highest BCUT2D eigenvalue weighted by Crippen LogP contribution is 2.29. The molecule has 15 nitrogen and oxygen atoms in total. The highest BCUT2D eigenvalue weighted by Gasteiger charge is 2.43. The summed E-state index contributed by atoms with van der Waals surface area (Å²) in [6.07, 6.45) is -3.56. The summed E-state index contributed by atoms with van der Waals surface area (Å²) in [5.74, 6) is -3.74. The van der Waals surface area contributed by atoms with Gasteiger partial charge < -0.3 is 10.4 Å². The Morgan fingerprint density at radius 3 is 2.22 bits per heavy atom. The Morgan fingerprint density at radius 2 is 1.71 bits per heavy atom. The van der Waals surface area contributed by atoms with Crippen molar-refractivity contribution in [3.05, 3.63) is 90.7 Å². The number of carboxylic acid groups (broad SMARTS) is 1. The number of carbonyl (C=O) groups excluding carboxylic acids is 2. The van der Waals surface area contributed by atoms with Crippen LogP contribution in [0.1, 0.15) is 66.7 Å². The number of carboxylic acids is 1. The van der Waals surface area contributed by atoms with Crippen molar-refractivity contribution in [3.63, 3.8) is 0 Å². The van der Waals surface area contributed by atoms with Crippen LogP contribution in [-0.2, 0) is 28.2 Å². The summed E-state index contributed by atoms with van der Waals surface area (Å²) >= 11 is 5.82. The molecule has 0 saturated carbocycles. The first kappa shape index (κ1) is 40.5. The topological polar surface area (TPSA) is 202 Å². The number of pyridine rings is 1. The molecule has 1 atom stereocenters. The van der Waals surface area contributed by atoms with E-state index in [4.69, 9.17) is 16.7 Å². The molecule has 3 heterocycles. The number of nitrogens with zero attached hydrogens (tertiary/aromatic N) is 5. The maximum absolute atomic E-state index is 14.5. The number of benzene rings is 1. The molecule has 0 spiro atoms. The van der Waals surface area contributed by atoms with Gasteiger partial charge >= 0.3 is 28.0 Å². The van der Waals surface area contributed by atoms with E-state index in [0.29, 0.717) is 12.1 Å². The summed E-state index contributed by atoms with van der Waals surface area (Å²) in [7, 11) is -2.43. The van der Waals surface area contributed by atoms with Crippen LogP contribution in [0.15, 0.2) is 51.1 Å². The lowest BCUT2D eigenvalue weighted by Gasteiger charge is -2.21. The third-order valence-electron chi connectivity index (χ3n) is 7.88. The Labute approximate surface area is 292 Å². The molecule has 3 aromatic rings. The first-order valence-electron chi connectivity index (χ1n) is 14.6. The molecule has 0 fully saturated rings. The minimum Gasteiger partial charge on any atom is -0.478 e. The van der Waals surface area contributed by atoms with Gasteiger partial charge in [-0.15, -0.1) is 0 Å². The van der Waals surface area contributed by atoms with Crippen LogP contribution in [-0.4, -0.2) is 74.2 Å². The standard InChI is InChI=1S/C17H17ClF4N4O5S.C13H15N3O3/c1-8(2)25(4)32(30,31)23-15(28)9-5-12(11(19)6-10(9)18)26-14(27)7-13(17(20,21)22)24(3)16(26)29;1-7(2)13(3)12(19)15-10(16-13)9-8(11(17)18)5-4-6-14-9/h5-8H,1-4H3,(H,23,28);4-7H,1-3H3,(H,17,18)(H,15,16,19). The van der Waals surface area contributed by atoms with Crippen LogP contribution in [0.3, 0.4) is 0 Å². The quantitative estimate of drug-likeness (QED) is 0.289. The molecular weight excluding hydrogens is 730 g/mol. The molecule has 1 unspecified atom stereocenters. The van der Waals surface area contributed by atoms with Gasteiger partial charge in [0.25, 0.3) is 17.4 Å². The lowest BCUT2D eigenvalue weighted by atomic mass is 9.89. The molecule has 2 amide bonds. The third kappa shape index (κ3) is 8.34. The number of halogens is 5. The molecule has 1 aliphatic heterocycles. The van der Waals surface area contributed by atoms with E-state index in [1.54, 1.807) is 11.6 Å². The van der Waals surface area contributed by atoms with Crippen molar-refractivity contribution >= 4 is 45.4 Å². The van der Waals surface area contributed by atoms with Gasteiger partial charge in [0.2, 0.25) is 0 Å². The molecule has 4 rings (SSSR count). The second kappa shape index (κ2) is 14.7. The Bertz CT molecular complexity index is 2170. The summed E-state index contributed by atoms with van der Waals surface area (Å²) in [5, 5.41) is 11.2. The molecule has 1 aromatic carbocycles. The summed E-state index contributed by atoms with van der Waals surface area (Å²) < 4.78 is 80.7. The Morgan fingerprint density at radius 1 is 1.10 bits per heavy atom. The molecule has 0 bridgehead atoms. The predicted octanol–water partition coefficient (Wildman–Crippen LogP) is 2.73. The van der Waals surface area contributed by atoms with Crippen molar-refractivity contribution in [3.8, 4) is 5.69 Å². The number of aliphatic imine (C=N–C) groups is 1. The van der Waals surface area contributed by atoms with Gasteiger partial charge in [0, 0.05) is 32.4 Å². The molecule has 0 aliphatic carbocycles. The van der Waals surface area contributed by atoms with Crippen molar-refractivity contribution in [1.29, 1.82) is 0 Å². The van der Waals surface area contributed by atoms with Crippen LogP contribution < -0.4 is 21.3 Å². The Balaban J connectivity index is 0.000000313. The van der Waals surface area contributed by atoms with E-state index in [1.165, 1.54) is 39.2 Å². The van der Waals surface area contributed by atoms with Crippen LogP contribution in [0.5, 0.6) is 0 Å². The molecule has 0 saturated heterocycles. The zero-order valence-electron chi connectivity index (χ0n) is 28.0. The first-order valence-corrected chi connectivity index (χ1v) is 16.5. The second-order valence-electron chi connectivity index (χ2n) is 11.8. The number of rotatable bonds is 8. The average molecular weight is 762 g/mol. The monoisotopic (exact) mass is 761 g/mol. The number of amides is 2. The lowest BCUT2D eigenvalue weighted by Crippen LogP contribution is -2.44. The van der Waals surface area contributed by atoms with Gasteiger partial charge in [-0.2, -0.15) is 25.9 Å². The minimum atomic E-state index is -5.04. The molecule has 1 aliphatic rings. The normalized spacial score (nSPS) is 16.1. The molecule has 3 N–H and O–H groups in total. The van der Waals surface area contributed by atoms with E-state index in [1.807, 2.05) is 13.8 Å². The summed E-state index contributed by atoms with van der Waals surface area (Å²) in [4.78, 5) is 68.6. The molecular formula is C30H32ClF4N7O8S. The number of nitrogens with one attached hydrogen (secondary N) is 2. The van der Waals surface area contributed by atoms with E-state index in [0.717, 1.165) is 11.4 Å². The van der Waals surface area contributed by atoms with E-state index in [9.17, 15) is 50.0 Å². The fourth-order valence-electron chi connectivity index (χ4n) is 4.34. The third-order valence-corrected chi connectivity index (χ3v) is 9.82. The summed E-state index contributed by atoms with van der Waals surface area (Å²) in [6.45, 7) is 8.56. The highest BCUT2D eigenvalue weighted by atomic mass is 35.5. The molecule has 51 heavy (non-hydrogen) atoms. The van der Waals surface area contributed by atoms with E-state index in [-0.39, 0.29) is 44.1 Å². The highest BCUT2D eigenvalue weighted by molar-refractivity contribution is 7.87. The largest absolute Gasteiger partial charge is 0.478 e. The van der Waals surface area contributed by atoms with Gasteiger partial charge in [0.05, 0.1) is 21.8 Å². The zero-order valence-corrected chi connectivity index (χ0v) is 29.5. The maximum atomic E-state index is 14.5.